The van der Waals surface area contributed by atoms with Gasteiger partial charge in [0.25, 0.3) is 0 Å². The molecule has 0 atom stereocenters. The number of hydrogen-bond acceptors (Lipinski definition) is 4. The Kier molecular flexibility index (Phi) is 4.98. The molecule has 0 amide bonds. The molecule has 0 bridgehead atoms. The highest BCUT2D eigenvalue weighted by Gasteiger charge is 2.04. The lowest BCUT2D eigenvalue weighted by atomic mass is 10.4. The molecule has 0 aromatic rings. The minimum absolute atomic E-state index is 0.367. The molecule has 0 aliphatic carbocycles. The number of carbonyl (C=O) groups excluding carboxylic acids is 1. The van der Waals surface area contributed by atoms with Gasteiger partial charge in [0, 0.05) is 19.8 Å². The minimum atomic E-state index is -0.367. The maximum absolute atomic E-state index is 10.9. The average molecular weight is 158 g/mol. The van der Waals surface area contributed by atoms with Crippen LogP contribution in [0, 0.1) is 0 Å². The lowest BCUT2D eigenvalue weighted by molar-refractivity contribution is -0.136. The van der Waals surface area contributed by atoms with E-state index in [0.717, 1.165) is 6.54 Å². The molecule has 0 saturated carbocycles. The summed E-state index contributed by atoms with van der Waals surface area (Å²) < 4.78 is 4.49. The largest absolute Gasteiger partial charge is 0.464 e. The molecule has 0 heterocycles. The molecule has 0 fully saturated rings. The summed E-state index contributed by atoms with van der Waals surface area (Å²) in [5.74, 6) is -0.367. The van der Waals surface area contributed by atoms with Gasteiger partial charge in [-0.1, -0.05) is 0 Å². The Morgan fingerprint density at radius 2 is 2.27 bits per heavy atom. The second-order valence-corrected chi connectivity index (χ2v) is 1.86. The second kappa shape index (κ2) is 5.58. The summed E-state index contributed by atoms with van der Waals surface area (Å²) in [6, 6.07) is 0. The Labute approximate surface area is 66.6 Å². The summed E-state index contributed by atoms with van der Waals surface area (Å²) in [4.78, 5) is 10.9. The van der Waals surface area contributed by atoms with Crippen LogP contribution in [-0.4, -0.2) is 26.7 Å². The molecule has 0 aromatic heterocycles. The van der Waals surface area contributed by atoms with Crippen LogP contribution in [-0.2, 0) is 9.53 Å². The summed E-state index contributed by atoms with van der Waals surface area (Å²) in [5, 5.41) is 5.60. The van der Waals surface area contributed by atoms with Crippen LogP contribution < -0.4 is 10.6 Å². The molecule has 11 heavy (non-hydrogen) atoms. The lowest BCUT2D eigenvalue weighted by Crippen LogP contribution is -2.20. The molecule has 0 aliphatic heterocycles. The fraction of sp³-hybridized carbons (Fsp3) is 0.571. The number of nitrogens with one attached hydrogen (secondary N) is 2. The molecule has 2 N–H and O–H groups in total. The Balaban J connectivity index is 4.03. The monoisotopic (exact) mass is 158 g/mol. The van der Waals surface area contributed by atoms with E-state index in [9.17, 15) is 4.79 Å². The fourth-order valence-electron chi connectivity index (χ4n) is 0.547. The van der Waals surface area contributed by atoms with Crippen molar-refractivity contribution in [2.24, 2.45) is 0 Å². The Hall–Kier alpha value is -1.19. The van der Waals surface area contributed by atoms with E-state index >= 15 is 0 Å². The quantitative estimate of drug-likeness (QED) is 0.440. The number of rotatable bonds is 4. The summed E-state index contributed by atoms with van der Waals surface area (Å²) in [7, 11) is 3.01. The van der Waals surface area contributed by atoms with Crippen molar-refractivity contribution in [1.82, 2.24) is 10.6 Å². The van der Waals surface area contributed by atoms with Crippen LogP contribution in [0.25, 0.3) is 0 Å². The third kappa shape index (κ3) is 3.50. The van der Waals surface area contributed by atoms with Gasteiger partial charge >= 0.3 is 5.97 Å². The zero-order valence-electron chi connectivity index (χ0n) is 7.10. The summed E-state index contributed by atoms with van der Waals surface area (Å²) >= 11 is 0. The van der Waals surface area contributed by atoms with E-state index in [1.807, 2.05) is 6.92 Å². The number of carbonyl (C=O) groups is 1. The van der Waals surface area contributed by atoms with E-state index in [1.165, 1.54) is 7.11 Å². The normalized spacial score (nSPS) is 10.6. The van der Waals surface area contributed by atoms with E-state index in [-0.39, 0.29) is 5.97 Å². The minimum Gasteiger partial charge on any atom is -0.464 e. The number of methoxy groups -OCH3 is 1. The second-order valence-electron chi connectivity index (χ2n) is 1.86. The SMILES string of the molecule is CCN/C=C(\NC)C(=O)OC. The molecular formula is C7H14N2O2. The van der Waals surface area contributed by atoms with Crippen LogP contribution >= 0.6 is 0 Å². The van der Waals surface area contributed by atoms with Crippen molar-refractivity contribution in [1.29, 1.82) is 0 Å². The topological polar surface area (TPSA) is 50.4 Å². The first-order valence-corrected chi connectivity index (χ1v) is 3.45. The summed E-state index contributed by atoms with van der Waals surface area (Å²) in [5.41, 5.74) is 0.425. The van der Waals surface area contributed by atoms with Crippen molar-refractivity contribution in [3.05, 3.63) is 11.9 Å². The van der Waals surface area contributed by atoms with E-state index in [0.29, 0.717) is 5.70 Å². The molecule has 0 saturated heterocycles. The van der Waals surface area contributed by atoms with Gasteiger partial charge in [-0.2, -0.15) is 0 Å². The maximum Gasteiger partial charge on any atom is 0.355 e. The van der Waals surface area contributed by atoms with Crippen molar-refractivity contribution in [3.63, 3.8) is 0 Å². The zero-order valence-corrected chi connectivity index (χ0v) is 7.10. The highest BCUT2D eigenvalue weighted by Crippen LogP contribution is 1.88. The van der Waals surface area contributed by atoms with Crippen molar-refractivity contribution in [3.8, 4) is 0 Å². The molecule has 64 valence electrons. The van der Waals surface area contributed by atoms with Crippen LogP contribution in [0.4, 0.5) is 0 Å². The van der Waals surface area contributed by atoms with Gasteiger partial charge in [-0.3, -0.25) is 0 Å². The first-order valence-electron chi connectivity index (χ1n) is 3.45. The molecule has 0 unspecified atom stereocenters. The van der Waals surface area contributed by atoms with Crippen LogP contribution in [0.15, 0.2) is 11.9 Å². The standard InChI is InChI=1S/C7H14N2O2/c1-4-9-5-6(8-2)7(10)11-3/h5,8-9H,4H2,1-3H3/b6-5-. The van der Waals surface area contributed by atoms with Gasteiger partial charge in [0.2, 0.25) is 0 Å². The smallest absolute Gasteiger partial charge is 0.355 e. The molecular weight excluding hydrogens is 144 g/mol. The fourth-order valence-corrected chi connectivity index (χ4v) is 0.547. The third-order valence-corrected chi connectivity index (χ3v) is 1.13. The van der Waals surface area contributed by atoms with Gasteiger partial charge in [-0.05, 0) is 6.92 Å². The molecule has 0 rings (SSSR count). The van der Waals surface area contributed by atoms with Crippen molar-refractivity contribution >= 4 is 5.97 Å². The van der Waals surface area contributed by atoms with Gasteiger partial charge in [-0.25, -0.2) is 4.79 Å². The number of likely N-dealkylation sites (N-methyl/N-ethyl adjacent to an activating group) is 1. The Bertz CT molecular complexity index is 155. The molecule has 0 radical (unpaired) electrons. The maximum atomic E-state index is 10.9. The van der Waals surface area contributed by atoms with E-state index in [1.54, 1.807) is 13.2 Å². The van der Waals surface area contributed by atoms with E-state index in [2.05, 4.69) is 15.4 Å². The van der Waals surface area contributed by atoms with Crippen LogP contribution in [0.1, 0.15) is 6.92 Å². The highest BCUT2D eigenvalue weighted by atomic mass is 16.5. The predicted octanol–water partition coefficient (Wildman–Crippen LogP) is -0.170. The van der Waals surface area contributed by atoms with E-state index < -0.39 is 0 Å². The molecule has 4 nitrogen and oxygen atoms in total. The summed E-state index contributed by atoms with van der Waals surface area (Å²) in [6.07, 6.45) is 1.59. The van der Waals surface area contributed by atoms with Crippen molar-refractivity contribution in [2.45, 2.75) is 6.92 Å². The Morgan fingerprint density at radius 3 is 2.64 bits per heavy atom. The summed E-state index contributed by atoms with van der Waals surface area (Å²) in [6.45, 7) is 2.73. The molecule has 4 heteroatoms. The van der Waals surface area contributed by atoms with Gasteiger partial charge in [0.05, 0.1) is 7.11 Å². The zero-order chi connectivity index (χ0) is 8.69. The van der Waals surface area contributed by atoms with Gasteiger partial charge in [0.1, 0.15) is 5.70 Å². The van der Waals surface area contributed by atoms with Crippen LogP contribution in [0.3, 0.4) is 0 Å². The van der Waals surface area contributed by atoms with Gasteiger partial charge in [0.15, 0.2) is 0 Å². The number of ether oxygens (including phenoxy) is 1. The highest BCUT2D eigenvalue weighted by molar-refractivity contribution is 5.87. The Morgan fingerprint density at radius 1 is 1.64 bits per heavy atom. The molecule has 0 spiro atoms. The predicted molar refractivity (Wildman–Crippen MR) is 42.8 cm³/mol. The lowest BCUT2D eigenvalue weighted by Gasteiger charge is -2.03. The van der Waals surface area contributed by atoms with E-state index in [4.69, 9.17) is 0 Å². The average Bonchev–Trinajstić information content (AvgIpc) is 2.05. The number of esters is 1. The molecule has 0 aromatic carbocycles. The van der Waals surface area contributed by atoms with Crippen molar-refractivity contribution < 1.29 is 9.53 Å². The van der Waals surface area contributed by atoms with Crippen LogP contribution in [0.2, 0.25) is 0 Å². The third-order valence-electron chi connectivity index (χ3n) is 1.13. The first-order chi connectivity index (χ1) is 5.26. The van der Waals surface area contributed by atoms with Gasteiger partial charge in [-0.15, -0.1) is 0 Å². The number of hydrogen-bond donors (Lipinski definition) is 2. The van der Waals surface area contributed by atoms with Gasteiger partial charge < -0.3 is 15.4 Å². The van der Waals surface area contributed by atoms with Crippen LogP contribution in [0.5, 0.6) is 0 Å². The first kappa shape index (κ1) is 9.81. The molecule has 0 aliphatic rings. The van der Waals surface area contributed by atoms with Crippen molar-refractivity contribution in [2.75, 3.05) is 20.7 Å².